The molecule has 2 heterocycles. The fourth-order valence-corrected chi connectivity index (χ4v) is 2.22. The molecule has 0 saturated heterocycles. The molecule has 0 spiro atoms. The van der Waals surface area contributed by atoms with Crippen molar-refractivity contribution in [3.8, 4) is 0 Å². The lowest BCUT2D eigenvalue weighted by Crippen LogP contribution is -2.18. The Kier molecular flexibility index (Phi) is 2.29. The van der Waals surface area contributed by atoms with Gasteiger partial charge in [-0.05, 0) is 24.4 Å². The van der Waals surface area contributed by atoms with Crippen LogP contribution in [0.25, 0.3) is 10.1 Å². The number of rotatable bonds is 2. The van der Waals surface area contributed by atoms with E-state index in [9.17, 15) is 0 Å². The van der Waals surface area contributed by atoms with E-state index in [2.05, 4.69) is 16.4 Å². The zero-order valence-corrected chi connectivity index (χ0v) is 8.34. The maximum atomic E-state index is 5.75. The number of pyridine rings is 1. The SMILES string of the molecule is CC(N)Cc1nccc2sccc12. The average molecular weight is 192 g/mol. The first-order chi connectivity index (χ1) is 6.27. The van der Waals surface area contributed by atoms with Crippen LogP contribution in [0.5, 0.6) is 0 Å². The van der Waals surface area contributed by atoms with Gasteiger partial charge in [-0.15, -0.1) is 11.3 Å². The lowest BCUT2D eigenvalue weighted by Gasteiger charge is -2.04. The van der Waals surface area contributed by atoms with Crippen molar-refractivity contribution in [2.24, 2.45) is 5.73 Å². The molecule has 0 amide bonds. The van der Waals surface area contributed by atoms with Crippen molar-refractivity contribution in [2.45, 2.75) is 19.4 Å². The molecular formula is C10H12N2S. The van der Waals surface area contributed by atoms with E-state index in [0.29, 0.717) is 0 Å². The first kappa shape index (κ1) is 8.66. The van der Waals surface area contributed by atoms with E-state index >= 15 is 0 Å². The van der Waals surface area contributed by atoms with Gasteiger partial charge in [0, 0.05) is 28.7 Å². The number of hydrogen-bond acceptors (Lipinski definition) is 3. The number of nitrogens with zero attached hydrogens (tertiary/aromatic N) is 1. The molecule has 0 aromatic carbocycles. The average Bonchev–Trinajstić information content (AvgIpc) is 2.51. The summed E-state index contributed by atoms with van der Waals surface area (Å²) < 4.78 is 1.30. The van der Waals surface area contributed by atoms with Gasteiger partial charge < -0.3 is 5.73 Å². The Labute approximate surface area is 81.4 Å². The predicted octanol–water partition coefficient (Wildman–Crippen LogP) is 2.19. The Morgan fingerprint density at radius 2 is 2.38 bits per heavy atom. The number of thiophene rings is 1. The minimum Gasteiger partial charge on any atom is -0.328 e. The molecule has 0 radical (unpaired) electrons. The first-order valence-corrected chi connectivity index (χ1v) is 5.22. The Balaban J connectivity index is 2.48. The number of fused-ring (bicyclic) bond motifs is 1. The van der Waals surface area contributed by atoms with Crippen LogP contribution in [-0.4, -0.2) is 11.0 Å². The molecule has 0 aliphatic heterocycles. The zero-order valence-electron chi connectivity index (χ0n) is 7.53. The van der Waals surface area contributed by atoms with Crippen molar-refractivity contribution >= 4 is 21.4 Å². The van der Waals surface area contributed by atoms with Gasteiger partial charge in [-0.2, -0.15) is 0 Å². The molecule has 68 valence electrons. The summed E-state index contributed by atoms with van der Waals surface area (Å²) in [5.74, 6) is 0. The summed E-state index contributed by atoms with van der Waals surface area (Å²) in [6, 6.07) is 4.34. The van der Waals surface area contributed by atoms with Crippen LogP contribution in [0.4, 0.5) is 0 Å². The fourth-order valence-electron chi connectivity index (χ4n) is 1.42. The molecule has 2 N–H and O–H groups in total. The third-order valence-corrected chi connectivity index (χ3v) is 2.86. The Hall–Kier alpha value is -0.930. The van der Waals surface area contributed by atoms with Crippen LogP contribution in [0.3, 0.4) is 0 Å². The fraction of sp³-hybridized carbons (Fsp3) is 0.300. The second-order valence-electron chi connectivity index (χ2n) is 3.27. The largest absolute Gasteiger partial charge is 0.328 e. The van der Waals surface area contributed by atoms with Crippen LogP contribution in [0.2, 0.25) is 0 Å². The third kappa shape index (κ3) is 1.71. The summed E-state index contributed by atoms with van der Waals surface area (Å²) in [7, 11) is 0. The molecule has 1 unspecified atom stereocenters. The summed E-state index contributed by atoms with van der Waals surface area (Å²) in [4.78, 5) is 4.35. The molecule has 2 aromatic rings. The predicted molar refractivity (Wildman–Crippen MR) is 57.0 cm³/mol. The van der Waals surface area contributed by atoms with Gasteiger partial charge in [0.2, 0.25) is 0 Å². The molecule has 2 aromatic heterocycles. The molecular weight excluding hydrogens is 180 g/mol. The lowest BCUT2D eigenvalue weighted by atomic mass is 10.1. The van der Waals surface area contributed by atoms with E-state index in [4.69, 9.17) is 5.73 Å². The molecule has 0 fully saturated rings. The Morgan fingerprint density at radius 3 is 3.15 bits per heavy atom. The van der Waals surface area contributed by atoms with E-state index in [1.54, 1.807) is 11.3 Å². The van der Waals surface area contributed by atoms with E-state index in [-0.39, 0.29) is 6.04 Å². The summed E-state index contributed by atoms with van der Waals surface area (Å²) >= 11 is 1.75. The zero-order chi connectivity index (χ0) is 9.26. The van der Waals surface area contributed by atoms with Crippen molar-refractivity contribution in [1.82, 2.24) is 4.98 Å². The number of hydrogen-bond donors (Lipinski definition) is 1. The van der Waals surface area contributed by atoms with Crippen LogP contribution in [0.1, 0.15) is 12.6 Å². The quantitative estimate of drug-likeness (QED) is 0.792. The van der Waals surface area contributed by atoms with Crippen LogP contribution in [0, 0.1) is 0 Å². The lowest BCUT2D eigenvalue weighted by molar-refractivity contribution is 0.727. The van der Waals surface area contributed by atoms with E-state index in [1.807, 2.05) is 19.2 Å². The second kappa shape index (κ2) is 3.44. The summed E-state index contributed by atoms with van der Waals surface area (Å²) in [6.07, 6.45) is 2.71. The van der Waals surface area contributed by atoms with Crippen molar-refractivity contribution in [1.29, 1.82) is 0 Å². The van der Waals surface area contributed by atoms with Crippen LogP contribution in [-0.2, 0) is 6.42 Å². The maximum absolute atomic E-state index is 5.75. The summed E-state index contributed by atoms with van der Waals surface area (Å²) in [5, 5.41) is 3.35. The Morgan fingerprint density at radius 1 is 1.54 bits per heavy atom. The highest BCUT2D eigenvalue weighted by molar-refractivity contribution is 7.17. The van der Waals surface area contributed by atoms with Gasteiger partial charge in [-0.25, -0.2) is 0 Å². The van der Waals surface area contributed by atoms with Crippen LogP contribution >= 0.6 is 11.3 Å². The standard InChI is InChI=1S/C10H12N2S/c1-7(11)6-9-8-3-5-13-10(8)2-4-12-9/h2-5,7H,6,11H2,1H3. The first-order valence-electron chi connectivity index (χ1n) is 4.34. The minimum atomic E-state index is 0.179. The highest BCUT2D eigenvalue weighted by Crippen LogP contribution is 2.22. The van der Waals surface area contributed by atoms with Gasteiger partial charge in [0.25, 0.3) is 0 Å². The van der Waals surface area contributed by atoms with Gasteiger partial charge >= 0.3 is 0 Å². The molecule has 3 heteroatoms. The van der Waals surface area contributed by atoms with Gasteiger partial charge in [-0.3, -0.25) is 4.98 Å². The van der Waals surface area contributed by atoms with Gasteiger partial charge in [0.1, 0.15) is 0 Å². The highest BCUT2D eigenvalue weighted by Gasteiger charge is 2.04. The molecule has 0 saturated carbocycles. The van der Waals surface area contributed by atoms with E-state index < -0.39 is 0 Å². The smallest absolute Gasteiger partial charge is 0.0505 e. The third-order valence-electron chi connectivity index (χ3n) is 1.98. The topological polar surface area (TPSA) is 38.9 Å². The van der Waals surface area contributed by atoms with Crippen molar-refractivity contribution < 1.29 is 0 Å². The summed E-state index contributed by atoms with van der Waals surface area (Å²) in [5.41, 5.74) is 6.87. The molecule has 1 atom stereocenters. The van der Waals surface area contributed by atoms with Crippen molar-refractivity contribution in [2.75, 3.05) is 0 Å². The van der Waals surface area contributed by atoms with E-state index in [1.165, 1.54) is 10.1 Å². The van der Waals surface area contributed by atoms with Crippen LogP contribution < -0.4 is 5.73 Å². The normalized spacial score (nSPS) is 13.4. The molecule has 13 heavy (non-hydrogen) atoms. The van der Waals surface area contributed by atoms with Crippen molar-refractivity contribution in [3.63, 3.8) is 0 Å². The van der Waals surface area contributed by atoms with E-state index in [0.717, 1.165) is 12.1 Å². The monoisotopic (exact) mass is 192 g/mol. The molecule has 0 aliphatic carbocycles. The molecule has 2 nitrogen and oxygen atoms in total. The van der Waals surface area contributed by atoms with Gasteiger partial charge in [0.15, 0.2) is 0 Å². The Bertz CT molecular complexity index is 406. The number of aromatic nitrogens is 1. The summed E-state index contributed by atoms with van der Waals surface area (Å²) in [6.45, 7) is 2.01. The highest BCUT2D eigenvalue weighted by atomic mass is 32.1. The minimum absolute atomic E-state index is 0.179. The van der Waals surface area contributed by atoms with Crippen molar-refractivity contribution in [3.05, 3.63) is 29.4 Å². The molecule has 2 rings (SSSR count). The van der Waals surface area contributed by atoms with Gasteiger partial charge in [0.05, 0.1) is 5.69 Å². The molecule has 0 bridgehead atoms. The molecule has 0 aliphatic rings. The second-order valence-corrected chi connectivity index (χ2v) is 4.22. The number of nitrogens with two attached hydrogens (primary N) is 1. The van der Waals surface area contributed by atoms with Gasteiger partial charge in [-0.1, -0.05) is 0 Å². The van der Waals surface area contributed by atoms with Crippen LogP contribution in [0.15, 0.2) is 23.7 Å². The maximum Gasteiger partial charge on any atom is 0.0505 e.